The average Bonchev–Trinajstić information content (AvgIpc) is 2.54. The van der Waals surface area contributed by atoms with Crippen LogP contribution in [0.2, 0.25) is 5.02 Å². The van der Waals surface area contributed by atoms with Crippen LogP contribution < -0.4 is 10.3 Å². The first-order valence-corrected chi connectivity index (χ1v) is 8.99. The largest absolute Gasteiger partial charge is 0.423 e. The SMILES string of the molecule is CC(=O)c1cc(S(=O)(=O)Nc2ccc3oc(=O)ccc3c2)ccc1Cl. The van der Waals surface area contributed by atoms with E-state index in [2.05, 4.69) is 4.72 Å². The van der Waals surface area contributed by atoms with E-state index in [9.17, 15) is 18.0 Å². The molecule has 0 saturated heterocycles. The Kier molecular flexibility index (Phi) is 4.36. The molecule has 1 N–H and O–H groups in total. The third kappa shape index (κ3) is 3.57. The third-order valence-electron chi connectivity index (χ3n) is 3.50. The summed E-state index contributed by atoms with van der Waals surface area (Å²) in [4.78, 5) is 22.6. The minimum atomic E-state index is -3.92. The van der Waals surface area contributed by atoms with Crippen molar-refractivity contribution in [1.29, 1.82) is 0 Å². The van der Waals surface area contributed by atoms with E-state index in [1.165, 1.54) is 55.5 Å². The number of hydrogen-bond acceptors (Lipinski definition) is 5. The molecule has 1 aromatic heterocycles. The number of benzene rings is 2. The van der Waals surface area contributed by atoms with E-state index in [0.717, 1.165) is 0 Å². The van der Waals surface area contributed by atoms with Crippen LogP contribution in [0.3, 0.4) is 0 Å². The number of halogens is 1. The fourth-order valence-electron chi connectivity index (χ4n) is 2.29. The summed E-state index contributed by atoms with van der Waals surface area (Å²) < 4.78 is 32.5. The van der Waals surface area contributed by atoms with E-state index in [-0.39, 0.29) is 21.3 Å². The van der Waals surface area contributed by atoms with Gasteiger partial charge in [-0.25, -0.2) is 13.2 Å². The molecule has 0 amide bonds. The molecule has 3 aromatic rings. The molecule has 0 atom stereocenters. The van der Waals surface area contributed by atoms with Gasteiger partial charge in [0, 0.05) is 22.7 Å². The predicted octanol–water partition coefficient (Wildman–Crippen LogP) is 3.45. The normalized spacial score (nSPS) is 11.4. The lowest BCUT2D eigenvalue weighted by Crippen LogP contribution is -2.13. The quantitative estimate of drug-likeness (QED) is 0.555. The number of anilines is 1. The Bertz CT molecular complexity index is 1150. The summed E-state index contributed by atoms with van der Waals surface area (Å²) in [6.45, 7) is 1.31. The van der Waals surface area contributed by atoms with Gasteiger partial charge in [0.05, 0.1) is 9.92 Å². The zero-order valence-electron chi connectivity index (χ0n) is 12.9. The monoisotopic (exact) mass is 377 g/mol. The van der Waals surface area contributed by atoms with Gasteiger partial charge in [0.15, 0.2) is 5.78 Å². The van der Waals surface area contributed by atoms with E-state index >= 15 is 0 Å². The maximum Gasteiger partial charge on any atom is 0.336 e. The molecule has 0 fully saturated rings. The number of fused-ring (bicyclic) bond motifs is 1. The Labute approximate surface area is 148 Å². The molecule has 0 spiro atoms. The molecule has 1 heterocycles. The summed E-state index contributed by atoms with van der Waals surface area (Å²) in [5.41, 5.74) is 0.282. The highest BCUT2D eigenvalue weighted by molar-refractivity contribution is 7.92. The molecule has 0 aliphatic heterocycles. The third-order valence-corrected chi connectivity index (χ3v) is 5.21. The topological polar surface area (TPSA) is 93.4 Å². The van der Waals surface area contributed by atoms with Crippen molar-refractivity contribution < 1.29 is 17.6 Å². The van der Waals surface area contributed by atoms with E-state index < -0.39 is 15.6 Å². The Balaban J connectivity index is 1.99. The van der Waals surface area contributed by atoms with Gasteiger partial charge in [-0.2, -0.15) is 0 Å². The first kappa shape index (κ1) is 17.2. The molecule has 0 aliphatic carbocycles. The maximum atomic E-state index is 12.5. The second-order valence-corrected chi connectivity index (χ2v) is 7.40. The smallest absolute Gasteiger partial charge is 0.336 e. The van der Waals surface area contributed by atoms with Gasteiger partial charge >= 0.3 is 5.63 Å². The van der Waals surface area contributed by atoms with Crippen LogP contribution in [0.1, 0.15) is 17.3 Å². The van der Waals surface area contributed by atoms with Crippen molar-refractivity contribution in [2.75, 3.05) is 4.72 Å². The number of rotatable bonds is 4. The second kappa shape index (κ2) is 6.34. The van der Waals surface area contributed by atoms with E-state index in [0.29, 0.717) is 16.7 Å². The van der Waals surface area contributed by atoms with Crippen LogP contribution in [0.5, 0.6) is 0 Å². The summed E-state index contributed by atoms with van der Waals surface area (Å²) in [5, 5.41) is 0.757. The zero-order valence-corrected chi connectivity index (χ0v) is 14.5. The fourth-order valence-corrected chi connectivity index (χ4v) is 3.62. The molecule has 0 saturated carbocycles. The summed E-state index contributed by atoms with van der Waals surface area (Å²) in [6, 6.07) is 11.2. The number of Topliss-reactive ketones (excluding diaryl/α,β-unsaturated/α-hetero) is 1. The van der Waals surface area contributed by atoms with Gasteiger partial charge in [0.1, 0.15) is 5.58 Å². The van der Waals surface area contributed by atoms with E-state index in [1.54, 1.807) is 0 Å². The molecule has 0 aliphatic rings. The molecule has 25 heavy (non-hydrogen) atoms. The van der Waals surface area contributed by atoms with Crippen LogP contribution in [0.15, 0.2) is 62.6 Å². The van der Waals surface area contributed by atoms with Crippen molar-refractivity contribution in [3.05, 3.63) is 69.5 Å². The summed E-state index contributed by atoms with van der Waals surface area (Å²) in [7, 11) is -3.92. The lowest BCUT2D eigenvalue weighted by Gasteiger charge is -2.10. The summed E-state index contributed by atoms with van der Waals surface area (Å²) in [6.07, 6.45) is 0. The van der Waals surface area contributed by atoms with Gasteiger partial charge in [0.2, 0.25) is 0 Å². The van der Waals surface area contributed by atoms with Crippen molar-refractivity contribution in [2.45, 2.75) is 11.8 Å². The van der Waals surface area contributed by atoms with Gasteiger partial charge in [-0.15, -0.1) is 0 Å². The Morgan fingerprint density at radius 3 is 2.56 bits per heavy atom. The van der Waals surface area contributed by atoms with Gasteiger partial charge in [-0.05, 0) is 49.4 Å². The lowest BCUT2D eigenvalue weighted by molar-refractivity contribution is 0.101. The van der Waals surface area contributed by atoms with Gasteiger partial charge in [0.25, 0.3) is 10.0 Å². The van der Waals surface area contributed by atoms with Crippen molar-refractivity contribution >= 4 is 44.1 Å². The Morgan fingerprint density at radius 2 is 1.84 bits per heavy atom. The highest BCUT2D eigenvalue weighted by Crippen LogP contribution is 2.24. The van der Waals surface area contributed by atoms with Crippen LogP contribution in [0.4, 0.5) is 5.69 Å². The molecule has 128 valence electrons. The molecule has 0 radical (unpaired) electrons. The molecule has 0 bridgehead atoms. The number of ketones is 1. The van der Waals surface area contributed by atoms with Crippen LogP contribution in [0, 0.1) is 0 Å². The minimum Gasteiger partial charge on any atom is -0.423 e. The molecule has 0 unspecified atom stereocenters. The van der Waals surface area contributed by atoms with Crippen molar-refractivity contribution in [3.8, 4) is 0 Å². The second-order valence-electron chi connectivity index (χ2n) is 5.31. The molecule has 6 nitrogen and oxygen atoms in total. The van der Waals surface area contributed by atoms with Crippen LogP contribution >= 0.6 is 11.6 Å². The van der Waals surface area contributed by atoms with Crippen molar-refractivity contribution in [1.82, 2.24) is 0 Å². The highest BCUT2D eigenvalue weighted by atomic mass is 35.5. The molecular formula is C17H12ClNO5S. The Hall–Kier alpha value is -2.64. The number of hydrogen-bond donors (Lipinski definition) is 1. The number of nitrogens with one attached hydrogen (secondary N) is 1. The minimum absolute atomic E-state index is 0.0817. The Morgan fingerprint density at radius 1 is 1.08 bits per heavy atom. The lowest BCUT2D eigenvalue weighted by atomic mass is 10.1. The zero-order chi connectivity index (χ0) is 18.2. The number of carbonyl (C=O) groups excluding carboxylic acids is 1. The van der Waals surface area contributed by atoms with Gasteiger partial charge in [-0.1, -0.05) is 11.6 Å². The standard InChI is InChI=1S/C17H12ClNO5S/c1-10(20)14-9-13(4-5-15(14)18)25(22,23)19-12-3-6-16-11(8-12)2-7-17(21)24-16/h2-9,19H,1H3. The van der Waals surface area contributed by atoms with E-state index in [4.69, 9.17) is 16.0 Å². The number of sulfonamides is 1. The molecule has 2 aromatic carbocycles. The van der Waals surface area contributed by atoms with Gasteiger partial charge < -0.3 is 4.42 Å². The first-order valence-electron chi connectivity index (χ1n) is 7.13. The van der Waals surface area contributed by atoms with Crippen molar-refractivity contribution in [3.63, 3.8) is 0 Å². The van der Waals surface area contributed by atoms with Crippen molar-refractivity contribution in [2.24, 2.45) is 0 Å². The summed E-state index contributed by atoms with van der Waals surface area (Å²) >= 11 is 5.91. The van der Waals surface area contributed by atoms with E-state index in [1.807, 2.05) is 0 Å². The van der Waals surface area contributed by atoms with Crippen LogP contribution in [0.25, 0.3) is 11.0 Å². The molecule has 8 heteroatoms. The highest BCUT2D eigenvalue weighted by Gasteiger charge is 2.17. The van der Waals surface area contributed by atoms with Crippen LogP contribution in [-0.4, -0.2) is 14.2 Å². The molecular weight excluding hydrogens is 366 g/mol. The predicted molar refractivity (Wildman–Crippen MR) is 94.7 cm³/mol. The number of carbonyl (C=O) groups is 1. The molecule has 3 rings (SSSR count). The summed E-state index contributed by atoms with van der Waals surface area (Å²) in [5.74, 6) is -0.331. The van der Waals surface area contributed by atoms with Crippen LogP contribution in [-0.2, 0) is 10.0 Å². The maximum absolute atomic E-state index is 12.5. The first-order chi connectivity index (χ1) is 11.8. The fraction of sp³-hybridized carbons (Fsp3) is 0.0588. The van der Waals surface area contributed by atoms with Gasteiger partial charge in [-0.3, -0.25) is 9.52 Å². The average molecular weight is 378 g/mol.